The summed E-state index contributed by atoms with van der Waals surface area (Å²) in [7, 11) is 3.33. The SMILES string of the molecule is COc1cccc(NC(=O)CN(C)CCN2C(=O)c3ccccc3C2=O)c1. The number of nitrogens with one attached hydrogen (secondary N) is 1. The van der Waals surface area contributed by atoms with Gasteiger partial charge in [0.15, 0.2) is 0 Å². The molecular weight excluding hydrogens is 346 g/mol. The zero-order valence-electron chi connectivity index (χ0n) is 15.3. The summed E-state index contributed by atoms with van der Waals surface area (Å²) in [4.78, 5) is 39.8. The predicted molar refractivity (Wildman–Crippen MR) is 101 cm³/mol. The van der Waals surface area contributed by atoms with Gasteiger partial charge in [-0.25, -0.2) is 0 Å². The monoisotopic (exact) mass is 367 g/mol. The van der Waals surface area contributed by atoms with Gasteiger partial charge in [0, 0.05) is 24.8 Å². The number of imide groups is 1. The van der Waals surface area contributed by atoms with E-state index >= 15 is 0 Å². The van der Waals surface area contributed by atoms with Gasteiger partial charge in [0.05, 0.1) is 24.8 Å². The highest BCUT2D eigenvalue weighted by Gasteiger charge is 2.34. The number of fused-ring (bicyclic) bond motifs is 1. The first-order valence-corrected chi connectivity index (χ1v) is 8.57. The number of anilines is 1. The standard InChI is InChI=1S/C20H21N3O4/c1-22(13-18(24)21-14-6-5-7-15(12-14)27-2)10-11-23-19(25)16-8-3-4-9-17(16)20(23)26/h3-9,12H,10-11,13H2,1-2H3,(H,21,24). The number of likely N-dealkylation sites (N-methyl/N-ethyl adjacent to an activating group) is 1. The number of hydrogen-bond acceptors (Lipinski definition) is 5. The number of rotatable bonds is 7. The number of amides is 3. The maximum Gasteiger partial charge on any atom is 0.261 e. The Balaban J connectivity index is 1.51. The molecule has 7 nitrogen and oxygen atoms in total. The second-order valence-corrected chi connectivity index (χ2v) is 6.33. The van der Waals surface area contributed by atoms with Crippen molar-refractivity contribution < 1.29 is 19.1 Å². The van der Waals surface area contributed by atoms with Crippen LogP contribution in [0.4, 0.5) is 5.69 Å². The minimum Gasteiger partial charge on any atom is -0.497 e. The Morgan fingerprint density at radius 3 is 2.37 bits per heavy atom. The van der Waals surface area contributed by atoms with Crippen LogP contribution in [0.1, 0.15) is 20.7 Å². The fourth-order valence-corrected chi connectivity index (χ4v) is 2.94. The van der Waals surface area contributed by atoms with Crippen molar-refractivity contribution in [3.8, 4) is 5.75 Å². The molecule has 140 valence electrons. The molecule has 7 heteroatoms. The molecule has 0 radical (unpaired) electrons. The van der Waals surface area contributed by atoms with Crippen molar-refractivity contribution in [3.63, 3.8) is 0 Å². The maximum atomic E-state index is 12.3. The van der Waals surface area contributed by atoms with Gasteiger partial charge in [0.25, 0.3) is 11.8 Å². The van der Waals surface area contributed by atoms with Crippen LogP contribution in [-0.4, -0.2) is 61.3 Å². The highest BCUT2D eigenvalue weighted by atomic mass is 16.5. The largest absolute Gasteiger partial charge is 0.497 e. The van der Waals surface area contributed by atoms with E-state index in [0.717, 1.165) is 0 Å². The summed E-state index contributed by atoms with van der Waals surface area (Å²) in [6.45, 7) is 0.771. The second-order valence-electron chi connectivity index (χ2n) is 6.33. The zero-order chi connectivity index (χ0) is 19.4. The van der Waals surface area contributed by atoms with Crippen LogP contribution in [0.2, 0.25) is 0 Å². The molecule has 3 amide bonds. The Hall–Kier alpha value is -3.19. The van der Waals surface area contributed by atoms with Crippen LogP contribution in [0, 0.1) is 0 Å². The summed E-state index contributed by atoms with van der Waals surface area (Å²) in [5.41, 5.74) is 1.51. The first kappa shape index (κ1) is 18.6. The number of methoxy groups -OCH3 is 1. The van der Waals surface area contributed by atoms with E-state index in [0.29, 0.717) is 29.1 Å². The van der Waals surface area contributed by atoms with Crippen molar-refractivity contribution >= 4 is 23.4 Å². The molecule has 1 aliphatic heterocycles. The van der Waals surface area contributed by atoms with Crippen molar-refractivity contribution in [2.75, 3.05) is 39.1 Å². The van der Waals surface area contributed by atoms with Gasteiger partial charge in [0.2, 0.25) is 5.91 Å². The topological polar surface area (TPSA) is 79.0 Å². The summed E-state index contributed by atoms with van der Waals surface area (Å²) in [6, 6.07) is 13.9. The number of carbonyl (C=O) groups is 3. The molecule has 2 aromatic carbocycles. The average Bonchev–Trinajstić information content (AvgIpc) is 2.91. The van der Waals surface area contributed by atoms with E-state index in [1.165, 1.54) is 4.90 Å². The van der Waals surface area contributed by atoms with Crippen LogP contribution in [0.25, 0.3) is 0 Å². The van der Waals surface area contributed by atoms with Crippen LogP contribution in [0.3, 0.4) is 0 Å². The smallest absolute Gasteiger partial charge is 0.261 e. The molecule has 0 aliphatic carbocycles. The summed E-state index contributed by atoms with van der Waals surface area (Å²) in [5.74, 6) is -0.102. The van der Waals surface area contributed by atoms with Crippen molar-refractivity contribution in [1.82, 2.24) is 9.80 Å². The van der Waals surface area contributed by atoms with E-state index in [1.807, 2.05) is 0 Å². The molecule has 3 rings (SSSR count). The number of benzene rings is 2. The Morgan fingerprint density at radius 2 is 1.74 bits per heavy atom. The van der Waals surface area contributed by atoms with E-state index in [2.05, 4.69) is 5.32 Å². The van der Waals surface area contributed by atoms with Crippen LogP contribution in [-0.2, 0) is 4.79 Å². The Bertz CT molecular complexity index is 846. The molecule has 0 atom stereocenters. The summed E-state index contributed by atoms with van der Waals surface area (Å²) < 4.78 is 5.13. The molecule has 0 fully saturated rings. The molecule has 2 aromatic rings. The van der Waals surface area contributed by atoms with Crippen molar-refractivity contribution in [2.45, 2.75) is 0 Å². The fraction of sp³-hybridized carbons (Fsp3) is 0.250. The van der Waals surface area contributed by atoms with Gasteiger partial charge in [-0.1, -0.05) is 18.2 Å². The van der Waals surface area contributed by atoms with Crippen LogP contribution < -0.4 is 10.1 Å². The average molecular weight is 367 g/mol. The molecule has 0 unspecified atom stereocenters. The third-order valence-corrected chi connectivity index (χ3v) is 4.35. The van der Waals surface area contributed by atoms with E-state index in [-0.39, 0.29) is 30.8 Å². The van der Waals surface area contributed by atoms with E-state index < -0.39 is 0 Å². The van der Waals surface area contributed by atoms with Crippen molar-refractivity contribution in [1.29, 1.82) is 0 Å². The van der Waals surface area contributed by atoms with Crippen LogP contribution in [0.15, 0.2) is 48.5 Å². The molecule has 0 bridgehead atoms. The quantitative estimate of drug-likeness (QED) is 0.756. The second kappa shape index (κ2) is 8.01. The molecule has 1 N–H and O–H groups in total. The first-order chi connectivity index (χ1) is 13.0. The van der Waals surface area contributed by atoms with Gasteiger partial charge >= 0.3 is 0 Å². The van der Waals surface area contributed by atoms with Crippen molar-refractivity contribution in [2.24, 2.45) is 0 Å². The maximum absolute atomic E-state index is 12.3. The highest BCUT2D eigenvalue weighted by Crippen LogP contribution is 2.22. The van der Waals surface area contributed by atoms with Crippen molar-refractivity contribution in [3.05, 3.63) is 59.7 Å². The molecule has 1 aliphatic rings. The predicted octanol–water partition coefficient (Wildman–Crippen LogP) is 1.86. The number of nitrogens with zero attached hydrogens (tertiary/aromatic N) is 2. The normalized spacial score (nSPS) is 13.1. The summed E-state index contributed by atoms with van der Waals surface area (Å²) >= 11 is 0. The Labute approximate surface area is 157 Å². The summed E-state index contributed by atoms with van der Waals surface area (Å²) in [5, 5.41) is 2.80. The molecule has 0 spiro atoms. The number of ether oxygens (including phenoxy) is 1. The third kappa shape index (κ3) is 4.15. The number of hydrogen-bond donors (Lipinski definition) is 1. The molecule has 27 heavy (non-hydrogen) atoms. The van der Waals surface area contributed by atoms with Crippen LogP contribution >= 0.6 is 0 Å². The molecular formula is C20H21N3O4. The van der Waals surface area contributed by atoms with Gasteiger partial charge < -0.3 is 10.1 Å². The lowest BCUT2D eigenvalue weighted by Gasteiger charge is -2.20. The summed E-state index contributed by atoms with van der Waals surface area (Å²) in [6.07, 6.45) is 0. The first-order valence-electron chi connectivity index (χ1n) is 8.57. The highest BCUT2D eigenvalue weighted by molar-refractivity contribution is 6.21. The van der Waals surface area contributed by atoms with Gasteiger partial charge in [-0.05, 0) is 31.3 Å². The fourth-order valence-electron chi connectivity index (χ4n) is 2.94. The zero-order valence-corrected chi connectivity index (χ0v) is 15.3. The van der Waals surface area contributed by atoms with Gasteiger partial charge in [-0.2, -0.15) is 0 Å². The number of carbonyl (C=O) groups excluding carboxylic acids is 3. The third-order valence-electron chi connectivity index (χ3n) is 4.35. The van der Waals surface area contributed by atoms with E-state index in [4.69, 9.17) is 4.74 Å². The van der Waals surface area contributed by atoms with E-state index in [1.54, 1.807) is 67.6 Å². The molecule has 1 heterocycles. The minimum atomic E-state index is -0.287. The molecule has 0 aromatic heterocycles. The Morgan fingerprint density at radius 1 is 1.07 bits per heavy atom. The molecule has 0 saturated carbocycles. The van der Waals surface area contributed by atoms with E-state index in [9.17, 15) is 14.4 Å². The lowest BCUT2D eigenvalue weighted by atomic mass is 10.1. The van der Waals surface area contributed by atoms with Gasteiger partial charge in [-0.3, -0.25) is 24.2 Å². The minimum absolute atomic E-state index is 0.139. The van der Waals surface area contributed by atoms with Gasteiger partial charge in [0.1, 0.15) is 5.75 Å². The molecule has 0 saturated heterocycles. The lowest BCUT2D eigenvalue weighted by Crippen LogP contribution is -2.39. The van der Waals surface area contributed by atoms with Crippen LogP contribution in [0.5, 0.6) is 5.75 Å². The lowest BCUT2D eigenvalue weighted by molar-refractivity contribution is -0.117. The Kier molecular flexibility index (Phi) is 5.52. The van der Waals surface area contributed by atoms with Gasteiger partial charge in [-0.15, -0.1) is 0 Å².